The predicted octanol–water partition coefficient (Wildman–Crippen LogP) is 4.49. The monoisotopic (exact) mass is 226 g/mol. The molecule has 0 aliphatic heterocycles. The summed E-state index contributed by atoms with van der Waals surface area (Å²) in [6.07, 6.45) is 9.98. The first kappa shape index (κ1) is 10.7. The molecule has 70 valence electrons. The summed E-state index contributed by atoms with van der Waals surface area (Å²) in [5.41, 5.74) is 0. The number of hydrogen-bond acceptors (Lipinski definition) is 0. The van der Waals surface area contributed by atoms with Crippen LogP contribution in [0.5, 0.6) is 0 Å². The number of allylic oxidation sites excluding steroid dienone is 2. The zero-order valence-corrected chi connectivity index (χ0v) is 9.17. The number of alkyl halides is 3. The molecule has 0 nitrogen and oxygen atoms in total. The van der Waals surface area contributed by atoms with Crippen LogP contribution in [0.2, 0.25) is 0 Å². The summed E-state index contributed by atoms with van der Waals surface area (Å²) in [6, 6.07) is 0. The fourth-order valence-electron chi connectivity index (χ4n) is 1.43. The molecule has 1 rings (SSSR count). The van der Waals surface area contributed by atoms with Crippen molar-refractivity contribution in [1.29, 1.82) is 0 Å². The third-order valence-corrected chi connectivity index (χ3v) is 3.02. The molecule has 0 radical (unpaired) electrons. The van der Waals surface area contributed by atoms with E-state index in [0.29, 0.717) is 0 Å². The van der Waals surface area contributed by atoms with Gasteiger partial charge < -0.3 is 0 Å². The maximum atomic E-state index is 5.82. The van der Waals surface area contributed by atoms with Gasteiger partial charge in [-0.25, -0.2) is 0 Å². The SMILES string of the molecule is ClC(Cl)(Cl)C1/C=C/CCCCC1. The first-order valence-electron chi connectivity index (χ1n) is 4.34. The molecule has 0 heterocycles. The van der Waals surface area contributed by atoms with Crippen molar-refractivity contribution in [2.45, 2.75) is 35.9 Å². The van der Waals surface area contributed by atoms with Crippen LogP contribution in [0.3, 0.4) is 0 Å². The second-order valence-electron chi connectivity index (χ2n) is 3.21. The van der Waals surface area contributed by atoms with E-state index in [0.717, 1.165) is 12.8 Å². The van der Waals surface area contributed by atoms with E-state index in [1.807, 2.05) is 6.08 Å². The highest BCUT2D eigenvalue weighted by Gasteiger charge is 2.29. The molecule has 1 atom stereocenters. The predicted molar refractivity (Wildman–Crippen MR) is 56.0 cm³/mol. The Morgan fingerprint density at radius 3 is 2.50 bits per heavy atom. The van der Waals surface area contributed by atoms with Gasteiger partial charge in [-0.15, -0.1) is 0 Å². The Morgan fingerprint density at radius 2 is 1.83 bits per heavy atom. The highest BCUT2D eigenvalue weighted by Crippen LogP contribution is 2.39. The topological polar surface area (TPSA) is 0 Å². The Balaban J connectivity index is 2.55. The molecule has 0 bridgehead atoms. The summed E-state index contributed by atoms with van der Waals surface area (Å²) >= 11 is 17.5. The van der Waals surface area contributed by atoms with Gasteiger partial charge in [0.15, 0.2) is 3.79 Å². The minimum atomic E-state index is -1.12. The maximum Gasteiger partial charge on any atom is 0.196 e. The summed E-state index contributed by atoms with van der Waals surface area (Å²) in [5.74, 6) is 0.0998. The van der Waals surface area contributed by atoms with E-state index in [1.54, 1.807) is 0 Å². The second-order valence-corrected chi connectivity index (χ2v) is 5.58. The van der Waals surface area contributed by atoms with Crippen molar-refractivity contribution in [2.24, 2.45) is 5.92 Å². The Kier molecular flexibility index (Phi) is 4.22. The van der Waals surface area contributed by atoms with Gasteiger partial charge in [0.05, 0.1) is 0 Å². The second kappa shape index (κ2) is 4.74. The van der Waals surface area contributed by atoms with E-state index >= 15 is 0 Å². The lowest BCUT2D eigenvalue weighted by Crippen LogP contribution is -2.17. The third kappa shape index (κ3) is 3.55. The lowest BCUT2D eigenvalue weighted by molar-refractivity contribution is 0.527. The Labute approximate surface area is 88.9 Å². The quantitative estimate of drug-likeness (QED) is 0.422. The molecule has 1 aliphatic rings. The van der Waals surface area contributed by atoms with E-state index in [9.17, 15) is 0 Å². The summed E-state index contributed by atoms with van der Waals surface area (Å²) < 4.78 is -1.12. The molecule has 0 amide bonds. The van der Waals surface area contributed by atoms with Crippen molar-refractivity contribution in [3.63, 3.8) is 0 Å². The van der Waals surface area contributed by atoms with Gasteiger partial charge in [-0.1, -0.05) is 59.8 Å². The minimum Gasteiger partial charge on any atom is -0.0881 e. The Bertz CT molecular complexity index is 158. The van der Waals surface area contributed by atoms with Gasteiger partial charge in [0, 0.05) is 5.92 Å². The number of rotatable bonds is 0. The molecule has 1 unspecified atom stereocenters. The summed E-state index contributed by atoms with van der Waals surface area (Å²) in [7, 11) is 0. The fourth-order valence-corrected chi connectivity index (χ4v) is 1.98. The third-order valence-electron chi connectivity index (χ3n) is 2.17. The van der Waals surface area contributed by atoms with Crippen LogP contribution < -0.4 is 0 Å². The zero-order chi connectivity index (χ0) is 9.03. The van der Waals surface area contributed by atoms with E-state index in [2.05, 4.69) is 6.08 Å². The standard InChI is InChI=1S/C9H13Cl3/c10-9(11,12)8-6-4-2-1-3-5-7-8/h4,6,8H,1-3,5,7H2/b6-4+. The highest BCUT2D eigenvalue weighted by molar-refractivity contribution is 6.67. The van der Waals surface area contributed by atoms with Gasteiger partial charge in [-0.2, -0.15) is 0 Å². The zero-order valence-electron chi connectivity index (χ0n) is 6.90. The van der Waals surface area contributed by atoms with Crippen molar-refractivity contribution in [3.05, 3.63) is 12.2 Å². The summed E-state index contributed by atoms with van der Waals surface area (Å²) in [4.78, 5) is 0. The molecule has 12 heavy (non-hydrogen) atoms. The van der Waals surface area contributed by atoms with Crippen LogP contribution in [-0.2, 0) is 0 Å². The number of hydrogen-bond donors (Lipinski definition) is 0. The van der Waals surface area contributed by atoms with Crippen LogP contribution in [0.4, 0.5) is 0 Å². The van der Waals surface area contributed by atoms with Gasteiger partial charge in [-0.3, -0.25) is 0 Å². The molecule has 0 aromatic rings. The molecule has 0 fully saturated rings. The largest absolute Gasteiger partial charge is 0.196 e. The molecule has 1 aliphatic carbocycles. The Hall–Kier alpha value is 0.610. The molecule has 0 saturated carbocycles. The molecule has 3 heteroatoms. The first-order chi connectivity index (χ1) is 5.61. The van der Waals surface area contributed by atoms with Crippen LogP contribution in [0.15, 0.2) is 12.2 Å². The molecule has 0 spiro atoms. The lowest BCUT2D eigenvalue weighted by atomic mass is 9.98. The van der Waals surface area contributed by atoms with E-state index in [4.69, 9.17) is 34.8 Å². The van der Waals surface area contributed by atoms with Crippen LogP contribution >= 0.6 is 34.8 Å². The fraction of sp³-hybridized carbons (Fsp3) is 0.778. The van der Waals surface area contributed by atoms with Crippen LogP contribution in [0.25, 0.3) is 0 Å². The van der Waals surface area contributed by atoms with Crippen LogP contribution in [0, 0.1) is 5.92 Å². The normalized spacial score (nSPS) is 29.1. The van der Waals surface area contributed by atoms with Crippen molar-refractivity contribution in [3.8, 4) is 0 Å². The van der Waals surface area contributed by atoms with Crippen molar-refractivity contribution in [2.75, 3.05) is 0 Å². The van der Waals surface area contributed by atoms with Crippen molar-refractivity contribution >= 4 is 34.8 Å². The number of halogens is 3. The van der Waals surface area contributed by atoms with Gasteiger partial charge in [0.1, 0.15) is 0 Å². The molecule has 0 saturated heterocycles. The molecule has 0 aromatic heterocycles. The molecular weight excluding hydrogens is 214 g/mol. The molecular formula is C9H13Cl3. The average Bonchev–Trinajstić information content (AvgIpc) is 1.81. The van der Waals surface area contributed by atoms with Crippen molar-refractivity contribution in [1.82, 2.24) is 0 Å². The van der Waals surface area contributed by atoms with E-state index in [1.165, 1.54) is 19.3 Å². The lowest BCUT2D eigenvalue weighted by Gasteiger charge is -2.22. The first-order valence-corrected chi connectivity index (χ1v) is 5.47. The summed E-state index contributed by atoms with van der Waals surface area (Å²) in [5, 5.41) is 0. The molecule has 0 N–H and O–H groups in total. The minimum absolute atomic E-state index is 0.0998. The van der Waals surface area contributed by atoms with Crippen LogP contribution in [0.1, 0.15) is 32.1 Å². The van der Waals surface area contributed by atoms with E-state index < -0.39 is 3.79 Å². The molecule has 0 aromatic carbocycles. The summed E-state index contributed by atoms with van der Waals surface area (Å²) in [6.45, 7) is 0. The van der Waals surface area contributed by atoms with Gasteiger partial charge >= 0.3 is 0 Å². The Morgan fingerprint density at radius 1 is 1.08 bits per heavy atom. The van der Waals surface area contributed by atoms with Gasteiger partial charge in [0.25, 0.3) is 0 Å². The highest BCUT2D eigenvalue weighted by atomic mass is 35.6. The smallest absolute Gasteiger partial charge is 0.0881 e. The van der Waals surface area contributed by atoms with Crippen LogP contribution in [-0.4, -0.2) is 3.79 Å². The average molecular weight is 228 g/mol. The van der Waals surface area contributed by atoms with Gasteiger partial charge in [-0.05, 0) is 19.3 Å². The van der Waals surface area contributed by atoms with Gasteiger partial charge in [0.2, 0.25) is 0 Å². The van der Waals surface area contributed by atoms with E-state index in [-0.39, 0.29) is 5.92 Å². The van der Waals surface area contributed by atoms with Crippen molar-refractivity contribution < 1.29 is 0 Å². The maximum absolute atomic E-state index is 5.82.